The first-order chi connectivity index (χ1) is 14.1. The summed E-state index contributed by atoms with van der Waals surface area (Å²) in [5.74, 6) is 1.81. The van der Waals surface area contributed by atoms with Crippen molar-refractivity contribution in [1.82, 2.24) is 0 Å². The maximum Gasteiger partial charge on any atom is 0.119 e. The zero-order chi connectivity index (χ0) is 20.4. The minimum Gasteiger partial charge on any atom is -0.508 e. The van der Waals surface area contributed by atoms with Gasteiger partial charge in [0.2, 0.25) is 0 Å². The Morgan fingerprint density at radius 1 is 0.931 bits per heavy atom. The number of hydrogen-bond acceptors (Lipinski definition) is 3. The molecule has 2 fully saturated rings. The van der Waals surface area contributed by atoms with Gasteiger partial charge in [0.25, 0.3) is 0 Å². The molecule has 0 spiro atoms. The summed E-state index contributed by atoms with van der Waals surface area (Å²) >= 11 is 0. The number of hydrogen-bond donors (Lipinski definition) is 2. The van der Waals surface area contributed by atoms with E-state index >= 15 is 0 Å². The Morgan fingerprint density at radius 2 is 1.52 bits per heavy atom. The van der Waals surface area contributed by atoms with Gasteiger partial charge in [0, 0.05) is 29.8 Å². The molecule has 3 heteroatoms. The van der Waals surface area contributed by atoms with Crippen LogP contribution in [0.2, 0.25) is 0 Å². The van der Waals surface area contributed by atoms with E-state index in [4.69, 9.17) is 4.74 Å². The van der Waals surface area contributed by atoms with E-state index in [0.717, 1.165) is 37.2 Å². The molecule has 0 aromatic heterocycles. The van der Waals surface area contributed by atoms with Crippen LogP contribution in [-0.2, 0) is 10.2 Å². The van der Waals surface area contributed by atoms with Gasteiger partial charge in [0.15, 0.2) is 0 Å². The van der Waals surface area contributed by atoms with Crippen molar-refractivity contribution >= 4 is 0 Å². The van der Waals surface area contributed by atoms with E-state index in [9.17, 15) is 10.2 Å². The van der Waals surface area contributed by atoms with Crippen LogP contribution < -0.4 is 0 Å². The lowest BCUT2D eigenvalue weighted by atomic mass is 9.61. The van der Waals surface area contributed by atoms with Crippen molar-refractivity contribution in [3.05, 3.63) is 70.8 Å². The van der Waals surface area contributed by atoms with E-state index in [1.54, 1.807) is 23.3 Å². The predicted molar refractivity (Wildman–Crippen MR) is 116 cm³/mol. The van der Waals surface area contributed by atoms with Gasteiger partial charge in [0.1, 0.15) is 11.5 Å². The Hall–Kier alpha value is -2.26. The smallest absolute Gasteiger partial charge is 0.119 e. The number of aromatic hydroxyl groups is 2. The Labute approximate surface area is 174 Å². The van der Waals surface area contributed by atoms with Crippen LogP contribution in [-0.4, -0.2) is 23.4 Å². The zero-order valence-corrected chi connectivity index (χ0v) is 17.5. The molecule has 0 saturated heterocycles. The number of benzene rings is 2. The zero-order valence-electron chi connectivity index (χ0n) is 17.5. The summed E-state index contributed by atoms with van der Waals surface area (Å²) in [6.45, 7) is 5.67. The maximum absolute atomic E-state index is 10.7. The third-order valence-electron chi connectivity index (χ3n) is 7.12. The molecule has 2 aromatic rings. The highest BCUT2D eigenvalue weighted by atomic mass is 16.5. The lowest BCUT2D eigenvalue weighted by molar-refractivity contribution is 0.162. The van der Waals surface area contributed by atoms with Gasteiger partial charge >= 0.3 is 0 Å². The van der Waals surface area contributed by atoms with Gasteiger partial charge in [-0.15, -0.1) is 0 Å². The van der Waals surface area contributed by atoms with E-state index in [0.29, 0.717) is 23.3 Å². The van der Waals surface area contributed by atoms with Crippen LogP contribution in [0.3, 0.4) is 0 Å². The van der Waals surface area contributed by atoms with E-state index < -0.39 is 0 Å². The van der Waals surface area contributed by atoms with Crippen LogP contribution >= 0.6 is 0 Å². The normalized spacial score (nSPS) is 23.7. The second kappa shape index (κ2) is 8.23. The van der Waals surface area contributed by atoms with Gasteiger partial charge in [-0.3, -0.25) is 0 Å². The highest BCUT2D eigenvalue weighted by Crippen LogP contribution is 2.66. The van der Waals surface area contributed by atoms with Crippen LogP contribution in [0.15, 0.2) is 59.7 Å². The molecular weight excluding hydrogens is 360 g/mol. The summed E-state index contributed by atoms with van der Waals surface area (Å²) in [4.78, 5) is 0. The van der Waals surface area contributed by atoms with Crippen LogP contribution in [0, 0.1) is 11.8 Å². The fraction of sp³-hybridized carbons (Fsp3) is 0.462. The van der Waals surface area contributed by atoms with Crippen LogP contribution in [0.4, 0.5) is 0 Å². The minimum absolute atomic E-state index is 0.287. The van der Waals surface area contributed by atoms with Crippen molar-refractivity contribution < 1.29 is 14.9 Å². The molecule has 2 saturated carbocycles. The third-order valence-corrected chi connectivity index (χ3v) is 7.12. The van der Waals surface area contributed by atoms with E-state index in [1.807, 2.05) is 38.1 Å². The molecule has 5 rings (SSSR count). The van der Waals surface area contributed by atoms with E-state index in [2.05, 4.69) is 12.1 Å². The standard InChI is InChI=1S/C22H22O2.C4H10O/c23-20-10-3-1-8-17(20)22(18-9-2-4-11-21(18)24)13-14-12-19(22)16-7-5-6-15(14)16;1-3-5-4-2/h1-4,8-11,16,19,23-24H,5-7,12-13H2;3-4H2,1-2H3. The molecule has 2 N–H and O–H groups in total. The van der Waals surface area contributed by atoms with E-state index in [-0.39, 0.29) is 5.41 Å². The fourth-order valence-corrected chi connectivity index (χ4v) is 6.11. The van der Waals surface area contributed by atoms with Gasteiger partial charge in [-0.2, -0.15) is 0 Å². The van der Waals surface area contributed by atoms with Crippen molar-refractivity contribution in [2.24, 2.45) is 11.8 Å². The summed E-state index contributed by atoms with van der Waals surface area (Å²) in [6.07, 6.45) is 5.87. The first-order valence-electron chi connectivity index (χ1n) is 11.0. The first-order valence-corrected chi connectivity index (χ1v) is 11.0. The van der Waals surface area contributed by atoms with Crippen molar-refractivity contribution in [3.63, 3.8) is 0 Å². The molecule has 0 aliphatic heterocycles. The summed E-state index contributed by atoms with van der Waals surface area (Å²) in [5.41, 5.74) is 4.97. The summed E-state index contributed by atoms with van der Waals surface area (Å²) < 4.78 is 4.83. The van der Waals surface area contributed by atoms with Gasteiger partial charge in [0.05, 0.1) is 0 Å². The highest BCUT2D eigenvalue weighted by molar-refractivity contribution is 5.57. The maximum atomic E-state index is 10.7. The average Bonchev–Trinajstić information content (AvgIpc) is 3.42. The molecule has 3 aliphatic carbocycles. The Balaban J connectivity index is 0.000000369. The largest absolute Gasteiger partial charge is 0.508 e. The minimum atomic E-state index is -0.287. The van der Waals surface area contributed by atoms with Gasteiger partial charge in [-0.25, -0.2) is 0 Å². The second-order valence-corrected chi connectivity index (χ2v) is 8.40. The van der Waals surface area contributed by atoms with Crippen molar-refractivity contribution in [3.8, 4) is 11.5 Å². The number of phenolic OH excluding ortho intramolecular Hbond substituents is 2. The molecular formula is C26H32O3. The van der Waals surface area contributed by atoms with Gasteiger partial charge < -0.3 is 14.9 Å². The first kappa shape index (κ1) is 20.0. The monoisotopic (exact) mass is 392 g/mol. The second-order valence-electron chi connectivity index (χ2n) is 8.40. The number of fused-ring (bicyclic) bond motifs is 4. The molecule has 2 unspecified atom stereocenters. The molecule has 2 bridgehead atoms. The summed E-state index contributed by atoms with van der Waals surface area (Å²) in [6, 6.07) is 15.4. The Kier molecular flexibility index (Phi) is 5.69. The molecule has 3 nitrogen and oxygen atoms in total. The molecule has 3 aliphatic rings. The highest BCUT2D eigenvalue weighted by Gasteiger charge is 2.58. The van der Waals surface area contributed by atoms with Crippen LogP contribution in [0.1, 0.15) is 57.1 Å². The lowest BCUT2D eigenvalue weighted by Gasteiger charge is -2.42. The third kappa shape index (κ3) is 3.26. The summed E-state index contributed by atoms with van der Waals surface area (Å²) in [5, 5.41) is 21.3. The Morgan fingerprint density at radius 3 is 2.03 bits per heavy atom. The van der Waals surface area contributed by atoms with Crippen LogP contribution in [0.25, 0.3) is 0 Å². The van der Waals surface area contributed by atoms with Crippen molar-refractivity contribution in [1.29, 1.82) is 0 Å². The number of para-hydroxylation sites is 2. The topological polar surface area (TPSA) is 49.7 Å². The molecule has 2 atom stereocenters. The number of ether oxygens (including phenoxy) is 1. The number of allylic oxidation sites excluding steroid dienone is 2. The van der Waals surface area contributed by atoms with Crippen molar-refractivity contribution in [2.45, 2.75) is 51.4 Å². The molecule has 29 heavy (non-hydrogen) atoms. The molecule has 0 amide bonds. The number of phenols is 2. The van der Waals surface area contributed by atoms with Gasteiger partial charge in [-0.05, 0) is 69.9 Å². The quantitative estimate of drug-likeness (QED) is 0.632. The van der Waals surface area contributed by atoms with Crippen molar-refractivity contribution in [2.75, 3.05) is 13.2 Å². The van der Waals surface area contributed by atoms with Gasteiger partial charge in [-0.1, -0.05) is 47.5 Å². The molecule has 2 aromatic carbocycles. The molecule has 154 valence electrons. The molecule has 0 radical (unpaired) electrons. The Bertz CT molecular complexity index is 851. The summed E-state index contributed by atoms with van der Waals surface area (Å²) in [7, 11) is 0. The SMILES string of the molecule is CCOCC.Oc1ccccc1C1(c2ccccc2O)CC2=C3CCCC3C1C2. The van der Waals surface area contributed by atoms with E-state index in [1.165, 1.54) is 19.3 Å². The molecule has 0 heterocycles. The lowest BCUT2D eigenvalue weighted by Crippen LogP contribution is -2.37. The van der Waals surface area contributed by atoms with Crippen LogP contribution in [0.5, 0.6) is 11.5 Å². The average molecular weight is 393 g/mol. The number of rotatable bonds is 4. The predicted octanol–water partition coefficient (Wildman–Crippen LogP) is 5.95. The fourth-order valence-electron chi connectivity index (χ4n) is 6.11.